The number of para-hydroxylation sites is 2. The average Bonchev–Trinajstić information content (AvgIpc) is 3.53. The predicted octanol–water partition coefficient (Wildman–Crippen LogP) is 5.73. The molecule has 4 heterocycles. The van der Waals surface area contributed by atoms with E-state index in [1.54, 1.807) is 18.0 Å². The number of carbonyl (C=O) groups is 1. The zero-order chi connectivity index (χ0) is 26.7. The molecule has 0 saturated heterocycles. The van der Waals surface area contributed by atoms with Gasteiger partial charge in [-0.2, -0.15) is 0 Å². The maximum absolute atomic E-state index is 13.6. The van der Waals surface area contributed by atoms with E-state index in [9.17, 15) is 4.79 Å². The molecule has 9 nitrogen and oxygen atoms in total. The number of thioether (sulfide) groups is 1. The van der Waals surface area contributed by atoms with Crippen molar-refractivity contribution in [3.05, 3.63) is 83.1 Å². The second kappa shape index (κ2) is 8.94. The van der Waals surface area contributed by atoms with E-state index in [0.717, 1.165) is 28.0 Å². The van der Waals surface area contributed by atoms with Crippen LogP contribution in [0.2, 0.25) is 0 Å². The number of ketones is 1. The molecule has 0 bridgehead atoms. The van der Waals surface area contributed by atoms with Gasteiger partial charge < -0.3 is 13.9 Å². The Hall–Kier alpha value is -4.18. The number of hydrogen-bond acceptors (Lipinski definition) is 9. The van der Waals surface area contributed by atoms with Gasteiger partial charge in [0.15, 0.2) is 22.8 Å². The molecule has 2 aliphatic rings. The lowest BCUT2D eigenvalue weighted by molar-refractivity contribution is -0.118. The molecule has 0 amide bonds. The summed E-state index contributed by atoms with van der Waals surface area (Å²) < 4.78 is 19.2. The highest BCUT2D eigenvalue weighted by Gasteiger charge is 2.44. The van der Waals surface area contributed by atoms with E-state index in [1.807, 2.05) is 48.5 Å². The van der Waals surface area contributed by atoms with Crippen molar-refractivity contribution in [1.82, 2.24) is 24.6 Å². The first kappa shape index (κ1) is 23.9. The van der Waals surface area contributed by atoms with E-state index in [2.05, 4.69) is 28.9 Å². The first-order valence-electron chi connectivity index (χ1n) is 12.7. The highest BCUT2D eigenvalue weighted by Crippen LogP contribution is 2.50. The van der Waals surface area contributed by atoms with E-state index in [4.69, 9.17) is 18.9 Å². The van der Waals surface area contributed by atoms with Crippen LogP contribution in [0.15, 0.2) is 75.8 Å². The Morgan fingerprint density at radius 1 is 1.10 bits per heavy atom. The minimum absolute atomic E-state index is 0.0842. The summed E-state index contributed by atoms with van der Waals surface area (Å²) in [6.07, 6.45) is 2.72. The molecule has 0 saturated carbocycles. The van der Waals surface area contributed by atoms with Crippen LogP contribution >= 0.6 is 11.8 Å². The first-order valence-corrected chi connectivity index (χ1v) is 13.7. The fourth-order valence-corrected chi connectivity index (χ4v) is 6.11. The number of fused-ring (bicyclic) bond motifs is 4. The zero-order valence-corrected chi connectivity index (χ0v) is 22.5. The molecule has 3 aromatic heterocycles. The number of rotatable bonds is 5. The van der Waals surface area contributed by atoms with Crippen LogP contribution in [0.5, 0.6) is 11.6 Å². The molecule has 0 radical (unpaired) electrons. The molecule has 10 heteroatoms. The van der Waals surface area contributed by atoms with Crippen LogP contribution in [-0.4, -0.2) is 37.5 Å². The van der Waals surface area contributed by atoms with Gasteiger partial charge in [-0.15, -0.1) is 5.10 Å². The Morgan fingerprint density at radius 2 is 1.92 bits per heavy atom. The number of aromatic nitrogens is 5. The minimum atomic E-state index is -0.379. The van der Waals surface area contributed by atoms with Crippen molar-refractivity contribution >= 4 is 34.3 Å². The second-order valence-electron chi connectivity index (χ2n) is 10.6. The topological polar surface area (TPSA) is 105 Å². The maximum atomic E-state index is 13.6. The summed E-state index contributed by atoms with van der Waals surface area (Å²) in [6, 6.07) is 15.4. The number of ether oxygens (including phenoxy) is 2. The summed E-state index contributed by atoms with van der Waals surface area (Å²) in [5.74, 6) is 2.65. The summed E-state index contributed by atoms with van der Waals surface area (Å²) in [5, 5.41) is 5.22. The lowest BCUT2D eigenvalue weighted by Crippen LogP contribution is -2.33. The van der Waals surface area contributed by atoms with Gasteiger partial charge in [0, 0.05) is 24.3 Å². The third-order valence-electron chi connectivity index (χ3n) is 7.16. The zero-order valence-electron chi connectivity index (χ0n) is 21.7. The SMILES string of the molecule is COc1ccc([C@H]2C3=C(CC(C)(C)CC3=O)Oc3ncn4nc(CSc5nc6ccccc6o5)nc4c32)cc1. The van der Waals surface area contributed by atoms with Gasteiger partial charge in [-0.3, -0.25) is 4.79 Å². The highest BCUT2D eigenvalue weighted by atomic mass is 32.2. The van der Waals surface area contributed by atoms with Gasteiger partial charge in [0.25, 0.3) is 5.22 Å². The van der Waals surface area contributed by atoms with Crippen LogP contribution in [0.3, 0.4) is 0 Å². The van der Waals surface area contributed by atoms with Gasteiger partial charge in [-0.05, 0) is 35.2 Å². The molecule has 196 valence electrons. The number of Topliss-reactive ketones (excluding diaryl/α,β-unsaturated/α-hetero) is 1. The average molecular weight is 540 g/mol. The van der Waals surface area contributed by atoms with Gasteiger partial charge >= 0.3 is 0 Å². The molecule has 0 spiro atoms. The molecule has 1 atom stereocenters. The molecule has 2 aromatic carbocycles. The fraction of sp³-hybridized carbons (Fsp3) is 0.276. The van der Waals surface area contributed by atoms with Gasteiger partial charge in [-0.25, -0.2) is 19.5 Å². The molecule has 0 N–H and O–H groups in total. The van der Waals surface area contributed by atoms with Crippen molar-refractivity contribution < 1.29 is 18.7 Å². The molecule has 0 unspecified atom stereocenters. The van der Waals surface area contributed by atoms with E-state index < -0.39 is 0 Å². The molecular formula is C29H25N5O4S. The highest BCUT2D eigenvalue weighted by molar-refractivity contribution is 7.98. The Morgan fingerprint density at radius 3 is 2.72 bits per heavy atom. The minimum Gasteiger partial charge on any atom is -0.497 e. The number of nitrogens with zero attached hydrogens (tertiary/aromatic N) is 5. The van der Waals surface area contributed by atoms with Crippen molar-refractivity contribution in [3.8, 4) is 11.6 Å². The van der Waals surface area contributed by atoms with Gasteiger partial charge in [0.1, 0.15) is 23.4 Å². The number of carbonyl (C=O) groups excluding carboxylic acids is 1. The standard InChI is InChI=1S/C29H25N5O4S/c1-29(2)12-19(35)24-21(13-29)37-27-25(23(24)16-8-10-17(36-3)11-9-16)26-32-22(33-34(26)15-30-27)14-39-28-31-18-6-4-5-7-20(18)38-28/h4-11,15,23H,12-14H2,1-3H3/t23-/m0/s1. The Labute approximate surface area is 228 Å². The number of methoxy groups -OCH3 is 1. The van der Waals surface area contributed by atoms with Crippen LogP contribution in [-0.2, 0) is 10.5 Å². The lowest BCUT2D eigenvalue weighted by atomic mass is 9.70. The first-order chi connectivity index (χ1) is 18.9. The molecule has 5 aromatic rings. The van der Waals surface area contributed by atoms with Crippen molar-refractivity contribution in [2.75, 3.05) is 7.11 Å². The monoisotopic (exact) mass is 539 g/mol. The van der Waals surface area contributed by atoms with Gasteiger partial charge in [-0.1, -0.05) is 49.9 Å². The smallest absolute Gasteiger partial charge is 0.257 e. The van der Waals surface area contributed by atoms with Crippen LogP contribution < -0.4 is 9.47 Å². The van der Waals surface area contributed by atoms with Gasteiger partial charge in [0.05, 0.1) is 18.4 Å². The number of oxazole rings is 1. The number of hydrogen-bond donors (Lipinski definition) is 0. The molecular weight excluding hydrogens is 514 g/mol. The summed E-state index contributed by atoms with van der Waals surface area (Å²) in [4.78, 5) is 27.6. The van der Waals surface area contributed by atoms with Crippen LogP contribution in [0.4, 0.5) is 0 Å². The van der Waals surface area contributed by atoms with Crippen molar-refractivity contribution in [2.45, 2.75) is 43.6 Å². The largest absolute Gasteiger partial charge is 0.497 e. The Bertz CT molecular complexity index is 1750. The third-order valence-corrected chi connectivity index (χ3v) is 7.98. The normalized spacial score (nSPS) is 18.2. The second-order valence-corrected chi connectivity index (χ2v) is 11.5. The molecule has 1 aliphatic carbocycles. The van der Waals surface area contributed by atoms with Crippen molar-refractivity contribution in [1.29, 1.82) is 0 Å². The molecule has 1 aliphatic heterocycles. The van der Waals surface area contributed by atoms with Crippen LogP contribution in [0.1, 0.15) is 49.6 Å². The third kappa shape index (κ3) is 4.15. The van der Waals surface area contributed by atoms with E-state index in [0.29, 0.717) is 52.5 Å². The number of benzene rings is 2. The Kier molecular flexibility index (Phi) is 5.48. The van der Waals surface area contributed by atoms with Crippen LogP contribution in [0, 0.1) is 5.41 Å². The fourth-order valence-electron chi connectivity index (χ4n) is 5.42. The molecule has 39 heavy (non-hydrogen) atoms. The molecule has 7 rings (SSSR count). The molecule has 0 fully saturated rings. The predicted molar refractivity (Wildman–Crippen MR) is 145 cm³/mol. The summed E-state index contributed by atoms with van der Waals surface area (Å²) >= 11 is 1.43. The Balaban J connectivity index is 1.31. The quantitative estimate of drug-likeness (QED) is 0.259. The van der Waals surface area contributed by atoms with Gasteiger partial charge in [0.2, 0.25) is 5.88 Å². The van der Waals surface area contributed by atoms with E-state index in [1.165, 1.54) is 11.8 Å². The van der Waals surface area contributed by atoms with E-state index >= 15 is 0 Å². The van der Waals surface area contributed by atoms with Crippen molar-refractivity contribution in [2.24, 2.45) is 5.41 Å². The lowest BCUT2D eigenvalue weighted by Gasteiger charge is -2.37. The number of allylic oxidation sites excluding steroid dienone is 2. The summed E-state index contributed by atoms with van der Waals surface area (Å²) in [5.41, 5.74) is 4.33. The van der Waals surface area contributed by atoms with Crippen LogP contribution in [0.25, 0.3) is 16.7 Å². The summed E-state index contributed by atoms with van der Waals surface area (Å²) in [7, 11) is 1.64. The van der Waals surface area contributed by atoms with Crippen molar-refractivity contribution in [3.63, 3.8) is 0 Å². The summed E-state index contributed by atoms with van der Waals surface area (Å²) in [6.45, 7) is 4.18. The van der Waals surface area contributed by atoms with E-state index in [-0.39, 0.29) is 17.1 Å². The maximum Gasteiger partial charge on any atom is 0.257 e.